The molecule has 0 atom stereocenters. The van der Waals surface area contributed by atoms with Gasteiger partial charge in [0, 0.05) is 12.2 Å². The Labute approximate surface area is 50.8 Å². The number of nitrogens with two attached hydrogens (primary N) is 1. The Morgan fingerprint density at radius 2 is 2.25 bits per heavy atom. The fourth-order valence-corrected chi connectivity index (χ4v) is 0.374. The monoisotopic (exact) mass is 113 g/mol. The van der Waals surface area contributed by atoms with Crippen LogP contribution in [0, 0.1) is 6.92 Å². The first-order chi connectivity index (χ1) is 3.77. The summed E-state index contributed by atoms with van der Waals surface area (Å²) < 4.78 is 0. The molecule has 0 unspecified atom stereocenters. The highest BCUT2D eigenvalue weighted by Gasteiger charge is 1.82. The van der Waals surface area contributed by atoms with Crippen molar-refractivity contribution in [2.75, 3.05) is 13.1 Å². The average Bonchev–Trinajstić information content (AvgIpc) is 1.66. The van der Waals surface area contributed by atoms with Crippen molar-refractivity contribution in [1.82, 2.24) is 5.32 Å². The Balaban J connectivity index is 2.82. The summed E-state index contributed by atoms with van der Waals surface area (Å²) in [4.78, 5) is 0. The lowest BCUT2D eigenvalue weighted by atomic mass is 10.4. The molecule has 0 saturated carbocycles. The first kappa shape index (κ1) is 7.50. The van der Waals surface area contributed by atoms with Gasteiger partial charge in [-0.25, -0.2) is 0 Å². The van der Waals surface area contributed by atoms with Crippen molar-refractivity contribution in [1.29, 1.82) is 0 Å². The number of rotatable bonds is 4. The van der Waals surface area contributed by atoms with Gasteiger partial charge in [0.15, 0.2) is 0 Å². The van der Waals surface area contributed by atoms with Gasteiger partial charge in [0.25, 0.3) is 0 Å². The van der Waals surface area contributed by atoms with Crippen molar-refractivity contribution in [3.63, 3.8) is 0 Å². The van der Waals surface area contributed by atoms with E-state index in [0.29, 0.717) is 12.2 Å². The van der Waals surface area contributed by atoms with Gasteiger partial charge in [-0.3, -0.25) is 0 Å². The van der Waals surface area contributed by atoms with Crippen LogP contribution in [0.2, 0.25) is 0 Å². The van der Waals surface area contributed by atoms with E-state index in [9.17, 15) is 0 Å². The van der Waals surface area contributed by atoms with Gasteiger partial charge in [-0.2, -0.15) is 0 Å². The second-order valence-corrected chi connectivity index (χ2v) is 1.69. The molecule has 2 nitrogen and oxygen atoms in total. The fourth-order valence-electron chi connectivity index (χ4n) is 0.374. The molecular weight excluding hydrogens is 100 g/mol. The zero-order valence-corrected chi connectivity index (χ0v) is 5.11. The van der Waals surface area contributed by atoms with E-state index >= 15 is 0 Å². The van der Waals surface area contributed by atoms with E-state index in [1.807, 2.05) is 0 Å². The first-order valence-electron chi connectivity index (χ1n) is 2.70. The molecule has 2 heteroatoms. The maximum Gasteiger partial charge on any atom is 0.0345 e. The predicted octanol–water partition coefficient (Wildman–Crippen LogP) is 0.273. The van der Waals surface area contributed by atoms with Crippen LogP contribution in [0.25, 0.3) is 0 Å². The quantitative estimate of drug-likeness (QED) is 0.514. The summed E-state index contributed by atoms with van der Waals surface area (Å²) in [5, 5.41) is 3.05. The molecule has 0 rings (SSSR count). The topological polar surface area (TPSA) is 38.0 Å². The highest BCUT2D eigenvalue weighted by molar-refractivity contribution is 4.88. The molecule has 47 valence electrons. The van der Waals surface area contributed by atoms with Gasteiger partial charge in [0.2, 0.25) is 0 Å². The minimum atomic E-state index is 0.679. The second kappa shape index (κ2) is 4.65. The summed E-state index contributed by atoms with van der Waals surface area (Å²) >= 11 is 0. The lowest BCUT2D eigenvalue weighted by molar-refractivity contribution is 0.734. The molecule has 0 aromatic carbocycles. The molecular formula is C6H13N2. The molecule has 0 amide bonds. The van der Waals surface area contributed by atoms with Gasteiger partial charge in [-0.05, 0) is 13.0 Å². The van der Waals surface area contributed by atoms with Crippen LogP contribution < -0.4 is 11.1 Å². The largest absolute Gasteiger partial charge is 0.401 e. The van der Waals surface area contributed by atoms with Crippen molar-refractivity contribution in [2.45, 2.75) is 6.42 Å². The average molecular weight is 113 g/mol. The van der Waals surface area contributed by atoms with E-state index in [2.05, 4.69) is 18.8 Å². The first-order valence-corrected chi connectivity index (χ1v) is 2.70. The van der Waals surface area contributed by atoms with E-state index in [1.54, 1.807) is 0 Å². The second-order valence-electron chi connectivity index (χ2n) is 1.69. The molecule has 8 heavy (non-hydrogen) atoms. The van der Waals surface area contributed by atoms with Gasteiger partial charge in [0.05, 0.1) is 0 Å². The molecule has 0 bridgehead atoms. The van der Waals surface area contributed by atoms with Crippen LogP contribution in [0.5, 0.6) is 0 Å². The molecule has 1 radical (unpaired) electrons. The van der Waals surface area contributed by atoms with Crippen LogP contribution in [0.1, 0.15) is 6.42 Å². The van der Waals surface area contributed by atoms with E-state index in [0.717, 1.165) is 13.0 Å². The lowest BCUT2D eigenvalue weighted by Crippen LogP contribution is -2.20. The number of nitrogens with one attached hydrogen (secondary N) is 1. The molecule has 0 saturated heterocycles. The standard InChI is InChI=1S/C6H13N2/c1-3-4-8-5-6(2)7/h8H,1-5,7H2. The lowest BCUT2D eigenvalue weighted by Gasteiger charge is -1.99. The molecule has 0 fully saturated rings. The van der Waals surface area contributed by atoms with Crippen LogP contribution in [-0.4, -0.2) is 13.1 Å². The van der Waals surface area contributed by atoms with Crippen molar-refractivity contribution < 1.29 is 0 Å². The van der Waals surface area contributed by atoms with E-state index < -0.39 is 0 Å². The minimum Gasteiger partial charge on any atom is -0.401 e. The van der Waals surface area contributed by atoms with Crippen LogP contribution in [0.3, 0.4) is 0 Å². The third-order valence-electron chi connectivity index (χ3n) is 0.706. The predicted molar refractivity (Wildman–Crippen MR) is 36.2 cm³/mol. The normalized spacial score (nSPS) is 9.12. The van der Waals surface area contributed by atoms with Crippen LogP contribution in [0.4, 0.5) is 0 Å². The highest BCUT2D eigenvalue weighted by atomic mass is 14.9. The van der Waals surface area contributed by atoms with Gasteiger partial charge in [-0.15, -0.1) is 0 Å². The Kier molecular flexibility index (Phi) is 4.36. The Hall–Kier alpha value is -0.500. The van der Waals surface area contributed by atoms with Crippen LogP contribution in [0.15, 0.2) is 12.3 Å². The number of hydrogen-bond acceptors (Lipinski definition) is 2. The summed E-state index contributed by atoms with van der Waals surface area (Å²) in [5.41, 5.74) is 5.93. The zero-order chi connectivity index (χ0) is 6.41. The Morgan fingerprint density at radius 1 is 1.62 bits per heavy atom. The smallest absolute Gasteiger partial charge is 0.0345 e. The number of hydrogen-bond donors (Lipinski definition) is 2. The molecule has 0 aromatic heterocycles. The minimum absolute atomic E-state index is 0.679. The SMILES string of the molecule is [CH2]CCNCC(=C)N. The van der Waals surface area contributed by atoms with Gasteiger partial charge < -0.3 is 11.1 Å². The van der Waals surface area contributed by atoms with Gasteiger partial charge in [0.1, 0.15) is 0 Å². The Bertz CT molecular complexity index is 68.9. The van der Waals surface area contributed by atoms with Crippen LogP contribution in [-0.2, 0) is 0 Å². The zero-order valence-electron chi connectivity index (χ0n) is 5.11. The van der Waals surface area contributed by atoms with E-state index in [1.165, 1.54) is 0 Å². The fraction of sp³-hybridized carbons (Fsp3) is 0.500. The molecule has 0 aliphatic carbocycles. The summed E-state index contributed by atoms with van der Waals surface area (Å²) in [6, 6.07) is 0. The van der Waals surface area contributed by atoms with Crippen molar-refractivity contribution in [3.05, 3.63) is 19.2 Å². The highest BCUT2D eigenvalue weighted by Crippen LogP contribution is 1.72. The molecule has 0 aliphatic heterocycles. The van der Waals surface area contributed by atoms with E-state index in [4.69, 9.17) is 5.73 Å². The molecule has 3 N–H and O–H groups in total. The molecule has 0 aromatic rings. The molecule has 0 aliphatic rings. The van der Waals surface area contributed by atoms with E-state index in [-0.39, 0.29) is 0 Å². The van der Waals surface area contributed by atoms with Crippen LogP contribution >= 0.6 is 0 Å². The van der Waals surface area contributed by atoms with Crippen molar-refractivity contribution in [3.8, 4) is 0 Å². The molecule has 0 spiro atoms. The summed E-state index contributed by atoms with van der Waals surface area (Å²) in [6.45, 7) is 8.79. The third kappa shape index (κ3) is 5.50. The van der Waals surface area contributed by atoms with Crippen molar-refractivity contribution in [2.24, 2.45) is 5.73 Å². The van der Waals surface area contributed by atoms with Crippen molar-refractivity contribution >= 4 is 0 Å². The van der Waals surface area contributed by atoms with Gasteiger partial charge in [-0.1, -0.05) is 13.5 Å². The maximum atomic E-state index is 5.26. The van der Waals surface area contributed by atoms with Gasteiger partial charge >= 0.3 is 0 Å². The third-order valence-corrected chi connectivity index (χ3v) is 0.706. The maximum absolute atomic E-state index is 5.26. The summed E-state index contributed by atoms with van der Waals surface area (Å²) in [7, 11) is 0. The molecule has 0 heterocycles. The Morgan fingerprint density at radius 3 is 2.62 bits per heavy atom. The summed E-state index contributed by atoms with van der Waals surface area (Å²) in [5.74, 6) is 0. The summed E-state index contributed by atoms with van der Waals surface area (Å²) in [6.07, 6.45) is 0.896.